The van der Waals surface area contributed by atoms with Gasteiger partial charge in [0, 0.05) is 12.0 Å². The smallest absolute Gasteiger partial charge is 0.387 e. The summed E-state index contributed by atoms with van der Waals surface area (Å²) in [5, 5.41) is 0.192. The Balaban J connectivity index is 2.21. The van der Waals surface area contributed by atoms with Crippen molar-refractivity contribution < 1.29 is 13.5 Å². The molecule has 1 aromatic rings. The minimum Gasteiger partial charge on any atom is -0.433 e. The van der Waals surface area contributed by atoms with Crippen LogP contribution in [0, 0.1) is 5.41 Å². The number of hydrogen-bond donors (Lipinski definition) is 1. The van der Waals surface area contributed by atoms with Crippen LogP contribution in [0.15, 0.2) is 18.2 Å². The lowest BCUT2D eigenvalue weighted by Crippen LogP contribution is -2.06. The lowest BCUT2D eigenvalue weighted by molar-refractivity contribution is -0.0497. The highest BCUT2D eigenvalue weighted by Gasteiger charge is 2.56. The van der Waals surface area contributed by atoms with E-state index in [4.69, 9.17) is 17.3 Å². The Morgan fingerprint density at radius 1 is 1.41 bits per heavy atom. The Hall–Kier alpha value is -0.870. The van der Waals surface area contributed by atoms with E-state index in [9.17, 15) is 8.78 Å². The van der Waals surface area contributed by atoms with Crippen molar-refractivity contribution in [3.05, 3.63) is 28.8 Å². The molecule has 0 heterocycles. The summed E-state index contributed by atoms with van der Waals surface area (Å²) >= 11 is 5.89. The van der Waals surface area contributed by atoms with Gasteiger partial charge < -0.3 is 10.5 Å². The summed E-state index contributed by atoms with van der Waals surface area (Å²) in [7, 11) is 0. The molecule has 1 aromatic carbocycles. The first kappa shape index (κ1) is 12.6. The molecule has 2 N–H and O–H groups in total. The molecule has 17 heavy (non-hydrogen) atoms. The van der Waals surface area contributed by atoms with Gasteiger partial charge >= 0.3 is 6.61 Å². The zero-order valence-corrected chi connectivity index (χ0v) is 10.3. The van der Waals surface area contributed by atoms with E-state index < -0.39 is 6.61 Å². The van der Waals surface area contributed by atoms with E-state index in [0.29, 0.717) is 0 Å². The van der Waals surface area contributed by atoms with Gasteiger partial charge in [-0.05, 0) is 23.1 Å². The first-order valence-corrected chi connectivity index (χ1v) is 5.71. The van der Waals surface area contributed by atoms with Crippen LogP contribution in [-0.2, 0) is 0 Å². The van der Waals surface area contributed by atoms with Crippen LogP contribution < -0.4 is 10.5 Å². The van der Waals surface area contributed by atoms with Crippen LogP contribution in [0.2, 0.25) is 5.02 Å². The number of ether oxygens (including phenoxy) is 1. The van der Waals surface area contributed by atoms with Gasteiger partial charge in [-0.2, -0.15) is 8.78 Å². The van der Waals surface area contributed by atoms with Crippen LogP contribution in [0.4, 0.5) is 8.78 Å². The van der Waals surface area contributed by atoms with Crippen molar-refractivity contribution in [3.8, 4) is 5.75 Å². The molecule has 0 radical (unpaired) electrons. The molecule has 5 heteroatoms. The van der Waals surface area contributed by atoms with Crippen molar-refractivity contribution in [1.29, 1.82) is 0 Å². The second-order valence-electron chi connectivity index (χ2n) is 4.89. The first-order chi connectivity index (χ1) is 7.84. The van der Waals surface area contributed by atoms with Crippen molar-refractivity contribution in [2.24, 2.45) is 11.1 Å². The van der Waals surface area contributed by atoms with Crippen molar-refractivity contribution in [2.75, 3.05) is 0 Å². The number of benzene rings is 1. The van der Waals surface area contributed by atoms with E-state index in [1.807, 2.05) is 0 Å². The molecule has 0 aliphatic heterocycles. The standard InChI is InChI=1S/C12H14ClF2NO/c1-12(2)9(10(12)16)6-3-4-8(7(13)5-6)17-11(14)15/h3-5,9-11H,16H2,1-2H3. The molecule has 0 spiro atoms. The molecule has 1 aliphatic rings. The van der Waals surface area contributed by atoms with Gasteiger partial charge in [0.25, 0.3) is 0 Å². The lowest BCUT2D eigenvalue weighted by atomic mass is 10.0. The molecular weight excluding hydrogens is 248 g/mol. The largest absolute Gasteiger partial charge is 0.433 e. The number of rotatable bonds is 3. The van der Waals surface area contributed by atoms with E-state index >= 15 is 0 Å². The maximum atomic E-state index is 12.1. The molecule has 94 valence electrons. The third-order valence-electron chi connectivity index (χ3n) is 3.44. The molecule has 1 aliphatic carbocycles. The molecule has 2 rings (SSSR count). The fourth-order valence-corrected chi connectivity index (χ4v) is 2.45. The predicted molar refractivity (Wildman–Crippen MR) is 62.6 cm³/mol. The Kier molecular flexibility index (Phi) is 3.04. The zero-order chi connectivity index (χ0) is 12.8. The summed E-state index contributed by atoms with van der Waals surface area (Å²) in [5.74, 6) is 0.220. The Labute approximate surface area is 104 Å². The summed E-state index contributed by atoms with van der Waals surface area (Å²) in [6.45, 7) is 1.28. The van der Waals surface area contributed by atoms with Gasteiger partial charge in [0.2, 0.25) is 0 Å². The molecule has 0 amide bonds. The molecule has 0 bridgehead atoms. The van der Waals surface area contributed by atoms with Gasteiger partial charge in [0.05, 0.1) is 5.02 Å². The molecule has 0 aromatic heterocycles. The molecule has 1 saturated carbocycles. The van der Waals surface area contributed by atoms with Crippen LogP contribution >= 0.6 is 11.6 Å². The summed E-state index contributed by atoms with van der Waals surface area (Å²) in [4.78, 5) is 0. The monoisotopic (exact) mass is 261 g/mol. The van der Waals surface area contributed by atoms with E-state index in [-0.39, 0.29) is 28.1 Å². The van der Waals surface area contributed by atoms with E-state index in [2.05, 4.69) is 18.6 Å². The second kappa shape index (κ2) is 4.10. The van der Waals surface area contributed by atoms with Crippen molar-refractivity contribution in [1.82, 2.24) is 0 Å². The minimum absolute atomic E-state index is 0.00237. The number of nitrogens with two attached hydrogens (primary N) is 1. The van der Waals surface area contributed by atoms with Crippen LogP contribution in [0.1, 0.15) is 25.3 Å². The summed E-state index contributed by atoms with van der Waals surface area (Å²) in [6.07, 6.45) is 0. The number of alkyl halides is 2. The quantitative estimate of drug-likeness (QED) is 0.905. The average molecular weight is 262 g/mol. The molecule has 0 saturated heterocycles. The van der Waals surface area contributed by atoms with Crippen molar-refractivity contribution in [2.45, 2.75) is 32.4 Å². The SMILES string of the molecule is CC1(C)C(N)C1c1ccc(OC(F)F)c(Cl)c1. The van der Waals surface area contributed by atoms with E-state index in [1.165, 1.54) is 6.07 Å². The third kappa shape index (κ3) is 2.24. The minimum atomic E-state index is -2.86. The summed E-state index contributed by atoms with van der Waals surface area (Å²) in [6, 6.07) is 4.94. The fraction of sp³-hybridized carbons (Fsp3) is 0.500. The average Bonchev–Trinajstić information content (AvgIpc) is 2.69. The van der Waals surface area contributed by atoms with Gasteiger partial charge in [-0.25, -0.2) is 0 Å². The highest BCUT2D eigenvalue weighted by Crippen LogP contribution is 2.57. The van der Waals surface area contributed by atoms with Crippen LogP contribution in [0.5, 0.6) is 5.75 Å². The van der Waals surface area contributed by atoms with Crippen LogP contribution in [-0.4, -0.2) is 12.7 Å². The maximum absolute atomic E-state index is 12.1. The van der Waals surface area contributed by atoms with Gasteiger partial charge in [-0.15, -0.1) is 0 Å². The van der Waals surface area contributed by atoms with Crippen LogP contribution in [0.25, 0.3) is 0 Å². The van der Waals surface area contributed by atoms with E-state index in [0.717, 1.165) is 5.56 Å². The van der Waals surface area contributed by atoms with Gasteiger partial charge in [0.15, 0.2) is 0 Å². The summed E-state index contributed by atoms with van der Waals surface area (Å²) in [5.41, 5.74) is 6.95. The Bertz CT molecular complexity index is 437. The van der Waals surface area contributed by atoms with E-state index in [1.54, 1.807) is 12.1 Å². The predicted octanol–water partition coefficient (Wildman–Crippen LogP) is 3.39. The molecular formula is C12H14ClF2NO. The summed E-state index contributed by atoms with van der Waals surface area (Å²) < 4.78 is 28.4. The maximum Gasteiger partial charge on any atom is 0.387 e. The third-order valence-corrected chi connectivity index (χ3v) is 3.74. The van der Waals surface area contributed by atoms with Gasteiger partial charge in [-0.1, -0.05) is 31.5 Å². The van der Waals surface area contributed by atoms with Crippen molar-refractivity contribution >= 4 is 11.6 Å². The Morgan fingerprint density at radius 2 is 2.00 bits per heavy atom. The number of hydrogen-bond acceptors (Lipinski definition) is 2. The van der Waals surface area contributed by atoms with Crippen LogP contribution in [0.3, 0.4) is 0 Å². The first-order valence-electron chi connectivity index (χ1n) is 5.34. The second-order valence-corrected chi connectivity index (χ2v) is 5.30. The fourth-order valence-electron chi connectivity index (χ4n) is 2.22. The van der Waals surface area contributed by atoms with Gasteiger partial charge in [-0.3, -0.25) is 0 Å². The van der Waals surface area contributed by atoms with Gasteiger partial charge in [0.1, 0.15) is 5.75 Å². The topological polar surface area (TPSA) is 35.2 Å². The highest BCUT2D eigenvalue weighted by atomic mass is 35.5. The zero-order valence-electron chi connectivity index (χ0n) is 9.58. The molecule has 1 fully saturated rings. The normalized spacial score (nSPS) is 26.1. The molecule has 2 atom stereocenters. The lowest BCUT2D eigenvalue weighted by Gasteiger charge is -2.09. The molecule has 2 unspecified atom stereocenters. The van der Waals surface area contributed by atoms with Crippen molar-refractivity contribution in [3.63, 3.8) is 0 Å². The highest BCUT2D eigenvalue weighted by molar-refractivity contribution is 6.32. The number of halogens is 3. The molecule has 2 nitrogen and oxygen atoms in total. The Morgan fingerprint density at radius 3 is 2.41 bits per heavy atom.